The maximum Gasteiger partial charge on any atom is 0.244 e. The van der Waals surface area contributed by atoms with Crippen LogP contribution in [0.1, 0.15) is 17.2 Å². The molecule has 1 atom stereocenters. The fraction of sp³-hybridized carbons (Fsp3) is 0.381. The van der Waals surface area contributed by atoms with Crippen molar-refractivity contribution in [2.45, 2.75) is 12.6 Å². The van der Waals surface area contributed by atoms with Gasteiger partial charge in [0.1, 0.15) is 6.04 Å². The summed E-state index contributed by atoms with van der Waals surface area (Å²) in [4.78, 5) is 17.4. The fourth-order valence-corrected chi connectivity index (χ4v) is 4.29. The lowest BCUT2D eigenvalue weighted by Gasteiger charge is -2.35. The third-order valence-corrected chi connectivity index (χ3v) is 5.74. The number of ether oxygens (including phenoxy) is 1. The molecule has 1 N–H and O–H groups in total. The molecular formula is C21H26N2O3S. The number of phenols is 1. The summed E-state index contributed by atoms with van der Waals surface area (Å²) >= 11 is 1.94. The van der Waals surface area contributed by atoms with E-state index in [9.17, 15) is 9.90 Å². The minimum atomic E-state index is -0.267. The van der Waals surface area contributed by atoms with Crippen LogP contribution in [0.25, 0.3) is 0 Å². The number of likely N-dealkylation sites (N-methyl/N-ethyl adjacent to an activating group) is 1. The van der Waals surface area contributed by atoms with Crippen molar-refractivity contribution < 1.29 is 14.6 Å². The first-order chi connectivity index (χ1) is 13.1. The fourth-order valence-electron chi connectivity index (χ4n) is 3.36. The van der Waals surface area contributed by atoms with Crippen molar-refractivity contribution in [1.29, 1.82) is 0 Å². The molecule has 1 heterocycles. The SMILES string of the molecule is COc1cc(CN(C)C(=O)[C@H](c2ccccc2)N2CCSCC2)ccc1O. The Hall–Kier alpha value is -2.18. The normalized spacial score (nSPS) is 15.9. The van der Waals surface area contributed by atoms with Gasteiger partial charge in [-0.1, -0.05) is 36.4 Å². The molecule has 0 aliphatic carbocycles. The van der Waals surface area contributed by atoms with Crippen LogP contribution < -0.4 is 4.74 Å². The minimum absolute atomic E-state index is 0.0835. The van der Waals surface area contributed by atoms with Crippen LogP contribution in [-0.2, 0) is 11.3 Å². The Balaban J connectivity index is 1.80. The van der Waals surface area contributed by atoms with Crippen LogP contribution in [0.2, 0.25) is 0 Å². The monoisotopic (exact) mass is 386 g/mol. The number of carbonyl (C=O) groups excluding carboxylic acids is 1. The quantitative estimate of drug-likeness (QED) is 0.827. The van der Waals surface area contributed by atoms with Gasteiger partial charge in [0, 0.05) is 38.2 Å². The summed E-state index contributed by atoms with van der Waals surface area (Å²) in [6, 6.07) is 14.9. The molecule has 0 radical (unpaired) electrons. The Morgan fingerprint density at radius 1 is 1.22 bits per heavy atom. The summed E-state index contributed by atoms with van der Waals surface area (Å²) in [5.41, 5.74) is 1.95. The topological polar surface area (TPSA) is 53.0 Å². The number of nitrogens with zero attached hydrogens (tertiary/aromatic N) is 2. The predicted molar refractivity (Wildman–Crippen MR) is 109 cm³/mol. The Morgan fingerprint density at radius 3 is 2.59 bits per heavy atom. The van der Waals surface area contributed by atoms with Crippen LogP contribution in [0.15, 0.2) is 48.5 Å². The highest BCUT2D eigenvalue weighted by Crippen LogP contribution is 2.29. The van der Waals surface area contributed by atoms with Gasteiger partial charge in [-0.15, -0.1) is 0 Å². The van der Waals surface area contributed by atoms with Crippen molar-refractivity contribution in [1.82, 2.24) is 9.80 Å². The summed E-state index contributed by atoms with van der Waals surface area (Å²) < 4.78 is 5.18. The van der Waals surface area contributed by atoms with E-state index in [1.165, 1.54) is 7.11 Å². The Kier molecular flexibility index (Phi) is 6.63. The van der Waals surface area contributed by atoms with Gasteiger partial charge in [0.2, 0.25) is 5.91 Å². The summed E-state index contributed by atoms with van der Waals surface area (Å²) in [7, 11) is 3.35. The van der Waals surface area contributed by atoms with Crippen LogP contribution in [0, 0.1) is 0 Å². The predicted octanol–water partition coefficient (Wildman–Crippen LogP) is 3.15. The number of carbonyl (C=O) groups is 1. The summed E-state index contributed by atoms with van der Waals surface area (Å²) in [5.74, 6) is 2.70. The zero-order chi connectivity index (χ0) is 19.2. The Morgan fingerprint density at radius 2 is 1.93 bits per heavy atom. The third kappa shape index (κ3) is 4.76. The molecule has 2 aromatic rings. The molecule has 0 spiro atoms. The van der Waals surface area contributed by atoms with E-state index in [2.05, 4.69) is 4.90 Å². The molecule has 0 unspecified atom stereocenters. The Labute approximate surface area is 164 Å². The average molecular weight is 387 g/mol. The van der Waals surface area contributed by atoms with Gasteiger partial charge < -0.3 is 14.7 Å². The lowest BCUT2D eigenvalue weighted by Crippen LogP contribution is -2.44. The zero-order valence-corrected chi connectivity index (χ0v) is 16.6. The number of amides is 1. The van der Waals surface area contributed by atoms with Crippen molar-refractivity contribution in [2.24, 2.45) is 0 Å². The molecule has 1 saturated heterocycles. The molecule has 1 fully saturated rings. The van der Waals surface area contributed by atoms with Gasteiger partial charge in [-0.05, 0) is 23.3 Å². The minimum Gasteiger partial charge on any atom is -0.504 e. The summed E-state index contributed by atoms with van der Waals surface area (Å²) in [5, 5.41) is 9.77. The van der Waals surface area contributed by atoms with Crippen LogP contribution >= 0.6 is 11.8 Å². The van der Waals surface area contributed by atoms with Crippen molar-refractivity contribution in [2.75, 3.05) is 38.8 Å². The number of hydrogen-bond donors (Lipinski definition) is 1. The largest absolute Gasteiger partial charge is 0.504 e. The van der Waals surface area contributed by atoms with E-state index in [1.807, 2.05) is 55.2 Å². The molecule has 3 rings (SSSR count). The van der Waals surface area contributed by atoms with Crippen LogP contribution in [0.3, 0.4) is 0 Å². The van der Waals surface area contributed by atoms with Crippen molar-refractivity contribution >= 4 is 17.7 Å². The highest BCUT2D eigenvalue weighted by atomic mass is 32.2. The van der Waals surface area contributed by atoms with Gasteiger partial charge in [-0.2, -0.15) is 11.8 Å². The molecule has 0 bridgehead atoms. The van der Waals surface area contributed by atoms with E-state index < -0.39 is 0 Å². The zero-order valence-electron chi connectivity index (χ0n) is 15.8. The van der Waals surface area contributed by atoms with Gasteiger partial charge in [-0.25, -0.2) is 0 Å². The average Bonchev–Trinajstić information content (AvgIpc) is 2.71. The lowest BCUT2D eigenvalue weighted by molar-refractivity contribution is -0.136. The molecule has 1 amide bonds. The molecule has 0 saturated carbocycles. The number of methoxy groups -OCH3 is 1. The first-order valence-electron chi connectivity index (χ1n) is 9.07. The number of phenolic OH excluding ortho intramolecular Hbond substituents is 1. The van der Waals surface area contributed by atoms with E-state index in [-0.39, 0.29) is 17.7 Å². The van der Waals surface area contributed by atoms with Crippen molar-refractivity contribution in [3.8, 4) is 11.5 Å². The van der Waals surface area contributed by atoms with Gasteiger partial charge in [0.15, 0.2) is 11.5 Å². The van der Waals surface area contributed by atoms with Gasteiger partial charge in [-0.3, -0.25) is 9.69 Å². The molecule has 1 aliphatic rings. The van der Waals surface area contributed by atoms with E-state index in [0.717, 1.165) is 35.7 Å². The highest BCUT2D eigenvalue weighted by molar-refractivity contribution is 7.99. The number of thioether (sulfide) groups is 1. The van der Waals surface area contributed by atoms with Crippen molar-refractivity contribution in [3.63, 3.8) is 0 Å². The van der Waals surface area contributed by atoms with E-state index in [4.69, 9.17) is 4.74 Å². The first-order valence-corrected chi connectivity index (χ1v) is 10.2. The molecule has 27 heavy (non-hydrogen) atoms. The van der Waals surface area contributed by atoms with E-state index in [0.29, 0.717) is 12.3 Å². The first kappa shape index (κ1) is 19.6. The van der Waals surface area contributed by atoms with Gasteiger partial charge in [0.05, 0.1) is 7.11 Å². The second-order valence-corrected chi connectivity index (χ2v) is 7.89. The van der Waals surface area contributed by atoms with E-state index in [1.54, 1.807) is 17.0 Å². The maximum atomic E-state index is 13.4. The van der Waals surface area contributed by atoms with Crippen LogP contribution in [0.5, 0.6) is 11.5 Å². The maximum absolute atomic E-state index is 13.4. The highest BCUT2D eigenvalue weighted by Gasteiger charge is 2.31. The van der Waals surface area contributed by atoms with Crippen LogP contribution in [0.4, 0.5) is 0 Å². The molecule has 144 valence electrons. The lowest BCUT2D eigenvalue weighted by atomic mass is 10.0. The smallest absolute Gasteiger partial charge is 0.244 e. The van der Waals surface area contributed by atoms with Gasteiger partial charge in [0.25, 0.3) is 0 Å². The molecule has 2 aromatic carbocycles. The molecule has 6 heteroatoms. The van der Waals surface area contributed by atoms with Gasteiger partial charge >= 0.3 is 0 Å². The summed E-state index contributed by atoms with van der Waals surface area (Å²) in [6.07, 6.45) is 0. The number of rotatable bonds is 6. The number of aromatic hydroxyl groups is 1. The third-order valence-electron chi connectivity index (χ3n) is 4.80. The van der Waals surface area contributed by atoms with E-state index >= 15 is 0 Å². The molecular weight excluding hydrogens is 360 g/mol. The second kappa shape index (κ2) is 9.15. The standard InChI is InChI=1S/C21H26N2O3S/c1-22(15-16-8-9-18(24)19(14-16)26-2)21(25)20(17-6-4-3-5-7-17)23-10-12-27-13-11-23/h3-9,14,20,24H,10-13,15H2,1-2H3/t20-/m0/s1. The Bertz CT molecular complexity index is 763. The number of hydrogen-bond acceptors (Lipinski definition) is 5. The molecule has 1 aliphatic heterocycles. The number of benzene rings is 2. The van der Waals surface area contributed by atoms with Crippen molar-refractivity contribution in [3.05, 3.63) is 59.7 Å². The summed E-state index contributed by atoms with van der Waals surface area (Å²) in [6.45, 7) is 2.29. The molecule has 0 aromatic heterocycles. The van der Waals surface area contributed by atoms with Crippen LogP contribution in [-0.4, -0.2) is 59.6 Å². The second-order valence-electron chi connectivity index (χ2n) is 6.66. The molecule has 5 nitrogen and oxygen atoms in total.